The summed E-state index contributed by atoms with van der Waals surface area (Å²) in [6.45, 7) is 3.59. The lowest BCUT2D eigenvalue weighted by atomic mass is 9.94. The van der Waals surface area contributed by atoms with Gasteiger partial charge < -0.3 is 29.2 Å². The summed E-state index contributed by atoms with van der Waals surface area (Å²) in [6, 6.07) is 6.91. The maximum absolute atomic E-state index is 15.2. The minimum absolute atomic E-state index is 0.0153. The Hall–Kier alpha value is -5.20. The Morgan fingerprint density at radius 1 is 0.536 bits per heavy atom. The van der Waals surface area contributed by atoms with Crippen molar-refractivity contribution in [3.63, 3.8) is 0 Å². The molecule has 2 saturated carbocycles. The van der Waals surface area contributed by atoms with Crippen molar-refractivity contribution in [3.05, 3.63) is 126 Å². The molecule has 6 atom stereocenters. The van der Waals surface area contributed by atoms with E-state index in [0.29, 0.717) is 36.8 Å². The van der Waals surface area contributed by atoms with Gasteiger partial charge in [0.25, 0.3) is 11.8 Å². The van der Waals surface area contributed by atoms with Gasteiger partial charge in [-0.1, -0.05) is 46.4 Å². The van der Waals surface area contributed by atoms with E-state index in [-0.39, 0.29) is 130 Å². The second-order valence-corrected chi connectivity index (χ2v) is 24.0. The molecule has 10 rings (SSSR count). The van der Waals surface area contributed by atoms with Gasteiger partial charge in [-0.15, -0.1) is 0 Å². The van der Waals surface area contributed by atoms with Crippen molar-refractivity contribution in [2.45, 2.75) is 126 Å². The molecule has 4 aromatic carbocycles. The van der Waals surface area contributed by atoms with Crippen molar-refractivity contribution >= 4 is 70.2 Å². The molecule has 0 bridgehead atoms. The maximum atomic E-state index is 15.2. The van der Waals surface area contributed by atoms with Crippen molar-refractivity contribution in [1.82, 2.24) is 19.6 Å². The highest BCUT2D eigenvalue weighted by Gasteiger charge is 2.49. The van der Waals surface area contributed by atoms with Gasteiger partial charge in [0.05, 0.1) is 36.5 Å². The fraction of sp³-hybridized carbons (Fsp3) is 0.517. The fourth-order valence-electron chi connectivity index (χ4n) is 11.6. The third kappa shape index (κ3) is 14.8. The smallest absolute Gasteiger partial charge is 0.408 e. The number of hydrogen-bond donors (Lipinski definition) is 2. The average Bonchev–Trinajstić information content (AvgIpc) is 1.94. The molecule has 14 nitrogen and oxygen atoms in total. The van der Waals surface area contributed by atoms with Gasteiger partial charge in [-0.2, -0.15) is 26.3 Å². The molecule has 4 aromatic rings. The largest absolute Gasteiger partial charge is 0.493 e. The molecular weight excluding hydrogens is 1210 g/mol. The number of rotatable bonds is 16. The van der Waals surface area contributed by atoms with E-state index in [1.165, 1.54) is 72.2 Å². The van der Waals surface area contributed by atoms with Crippen LogP contribution in [0.5, 0.6) is 11.5 Å². The molecule has 0 radical (unpaired) electrons. The third-order valence-electron chi connectivity index (χ3n) is 16.2. The van der Waals surface area contributed by atoms with Gasteiger partial charge in [-0.05, 0) is 186 Å². The Morgan fingerprint density at radius 3 is 1.14 bits per heavy atom. The molecule has 2 amide bonds. The predicted octanol–water partition coefficient (Wildman–Crippen LogP) is 13.4. The number of alkyl halides is 6. The van der Waals surface area contributed by atoms with Crippen molar-refractivity contribution in [1.29, 1.82) is 0 Å². The van der Waals surface area contributed by atoms with E-state index in [1.54, 1.807) is 0 Å². The van der Waals surface area contributed by atoms with Crippen molar-refractivity contribution in [3.8, 4) is 11.5 Å². The first kappa shape index (κ1) is 63.3. The Kier molecular flexibility index (Phi) is 19.6. The van der Waals surface area contributed by atoms with E-state index >= 15 is 8.78 Å². The topological polar surface area (TPSA) is 159 Å². The average molecular weight is 1270 g/mol. The highest BCUT2D eigenvalue weighted by molar-refractivity contribution is 6.35. The van der Waals surface area contributed by atoms with Crippen LogP contribution in [0.15, 0.2) is 60.7 Å². The first-order chi connectivity index (χ1) is 39.7. The van der Waals surface area contributed by atoms with Gasteiger partial charge in [0.1, 0.15) is 48.7 Å². The van der Waals surface area contributed by atoms with Crippen LogP contribution >= 0.6 is 46.4 Å². The van der Waals surface area contributed by atoms with Crippen LogP contribution in [0.4, 0.5) is 35.1 Å². The number of aliphatic carboxylic acids is 2. The Balaban J connectivity index is 0.000000202. The van der Waals surface area contributed by atoms with Crippen LogP contribution in [0.1, 0.15) is 132 Å². The number of carbonyl (C=O) groups is 4. The number of amides is 2. The number of benzene rings is 4. The van der Waals surface area contributed by atoms with Crippen LogP contribution in [0.3, 0.4) is 0 Å². The SMILES string of the molecule is C[C@H]1OCN(C(=O)c2cc(C3CC3)c(OCC3CCN([C@@H](c4cc(Cl)cc(Cl)c4)C(F)(F)F)CC3)cc2F)[C@@H]1C(=O)O.C[C@H]1OCN(C(=O)c2cc(C3CC3)c(OCC3CCN([C@H](c4cc(Cl)cc(Cl)c4)C(F)(F)F)CC3)cc2F)[C@@H]1C(=O)O. The molecule has 4 saturated heterocycles. The van der Waals surface area contributed by atoms with Crippen LogP contribution < -0.4 is 9.47 Å². The van der Waals surface area contributed by atoms with Crippen molar-refractivity contribution in [2.24, 2.45) is 11.8 Å². The molecule has 2 N–H and O–H groups in total. The Bertz CT molecular complexity index is 2860. The number of likely N-dealkylation sites (tertiary alicyclic amines) is 2. The molecular formula is C58H60Cl4F8N4O10. The summed E-state index contributed by atoms with van der Waals surface area (Å²) >= 11 is 23.9. The van der Waals surface area contributed by atoms with Gasteiger partial charge in [0, 0.05) is 32.2 Å². The summed E-state index contributed by atoms with van der Waals surface area (Å²) in [5, 5.41) is 19.6. The number of ether oxygens (including phenoxy) is 4. The number of carbonyl (C=O) groups excluding carboxylic acids is 2. The number of carboxylic acid groups (broad SMARTS) is 2. The second kappa shape index (κ2) is 26.0. The quantitative estimate of drug-likeness (QED) is 0.102. The van der Waals surface area contributed by atoms with Crippen LogP contribution in [-0.4, -0.2) is 143 Å². The van der Waals surface area contributed by atoms with Crippen LogP contribution in [-0.2, 0) is 19.1 Å². The van der Waals surface area contributed by atoms with Gasteiger partial charge in [-0.25, -0.2) is 18.4 Å². The predicted molar refractivity (Wildman–Crippen MR) is 293 cm³/mol. The summed E-state index contributed by atoms with van der Waals surface area (Å²) in [6.07, 6.45) is -5.46. The maximum Gasteiger partial charge on any atom is 0.408 e. The van der Waals surface area contributed by atoms with E-state index in [1.807, 2.05) is 0 Å². The summed E-state index contributed by atoms with van der Waals surface area (Å²) in [7, 11) is 0. The van der Waals surface area contributed by atoms with Crippen LogP contribution in [0, 0.1) is 23.5 Å². The van der Waals surface area contributed by atoms with Gasteiger partial charge in [0.2, 0.25) is 0 Å². The zero-order chi connectivity index (χ0) is 60.7. The Labute approximate surface area is 498 Å². The highest BCUT2D eigenvalue weighted by atomic mass is 35.5. The molecule has 26 heteroatoms. The molecule has 4 aliphatic heterocycles. The number of carboxylic acids is 2. The summed E-state index contributed by atoms with van der Waals surface area (Å²) in [5.41, 5.74) is 0.790. The van der Waals surface area contributed by atoms with E-state index in [9.17, 15) is 55.7 Å². The number of halogens is 12. The minimum atomic E-state index is -4.53. The lowest BCUT2D eigenvalue weighted by Crippen LogP contribution is -2.44. The molecule has 2 aliphatic carbocycles. The van der Waals surface area contributed by atoms with Crippen LogP contribution in [0.25, 0.3) is 0 Å². The second-order valence-electron chi connectivity index (χ2n) is 22.3. The van der Waals surface area contributed by atoms with Crippen LogP contribution in [0.2, 0.25) is 20.1 Å². The first-order valence-electron chi connectivity index (χ1n) is 27.4. The van der Waals surface area contributed by atoms with Gasteiger partial charge in [-0.3, -0.25) is 29.2 Å². The zero-order valence-electron chi connectivity index (χ0n) is 45.3. The first-order valence-corrected chi connectivity index (χ1v) is 28.9. The molecule has 0 aromatic heterocycles. The Morgan fingerprint density at radius 2 is 0.857 bits per heavy atom. The summed E-state index contributed by atoms with van der Waals surface area (Å²) in [5.74, 6) is -5.09. The van der Waals surface area contributed by atoms with E-state index in [0.717, 1.165) is 47.6 Å². The molecule has 456 valence electrons. The number of hydrogen-bond acceptors (Lipinski definition) is 10. The molecule has 6 aliphatic rings. The normalized spacial score (nSPS) is 22.8. The van der Waals surface area contributed by atoms with Gasteiger partial charge >= 0.3 is 24.3 Å². The molecule has 0 unspecified atom stereocenters. The monoisotopic (exact) mass is 1260 g/mol. The van der Waals surface area contributed by atoms with E-state index in [2.05, 4.69) is 0 Å². The fourth-order valence-corrected chi connectivity index (χ4v) is 12.7. The number of nitrogens with zero attached hydrogens (tertiary/aromatic N) is 4. The standard InChI is InChI=1S/2C29H30Cl2F4N2O5/c2*1-15-25(28(39)40)37(14-42-15)27(38)22-11-21(17-2-3-17)24(12-23(22)32)41-13-16-4-6-36(7-5-16)26(29(33,34)35)18-8-19(30)10-20(31)9-18/h2*8-12,15-17,25-26H,2-7,13-14H2,1H3,(H,39,40)/t15-,25+,26+;15-,25+,26-/m11/s1. The van der Waals surface area contributed by atoms with E-state index in [4.69, 9.17) is 65.4 Å². The molecule has 0 spiro atoms. The molecule has 6 fully saturated rings. The van der Waals surface area contributed by atoms with Gasteiger partial charge in [0.15, 0.2) is 12.1 Å². The number of piperidine rings is 2. The lowest BCUT2D eigenvalue weighted by molar-refractivity contribution is -0.190. The van der Waals surface area contributed by atoms with Crippen molar-refractivity contribution < 1.29 is 83.5 Å². The highest BCUT2D eigenvalue weighted by Crippen LogP contribution is 2.48. The van der Waals surface area contributed by atoms with Crippen molar-refractivity contribution in [2.75, 3.05) is 52.9 Å². The zero-order valence-corrected chi connectivity index (χ0v) is 48.4. The summed E-state index contributed by atoms with van der Waals surface area (Å²) < 4.78 is 138. The summed E-state index contributed by atoms with van der Waals surface area (Å²) in [4.78, 5) is 54.3. The molecule has 84 heavy (non-hydrogen) atoms. The van der Waals surface area contributed by atoms with E-state index < -0.39 is 84.1 Å². The third-order valence-corrected chi connectivity index (χ3v) is 17.1. The lowest BCUT2D eigenvalue weighted by Gasteiger charge is -2.38. The minimum Gasteiger partial charge on any atom is -0.493 e. The molecule has 4 heterocycles.